The van der Waals surface area contributed by atoms with Crippen molar-refractivity contribution in [1.82, 2.24) is 40.4 Å². The average molecular weight is 625 g/mol. The van der Waals surface area contributed by atoms with E-state index >= 15 is 4.39 Å². The van der Waals surface area contributed by atoms with Gasteiger partial charge in [-0.1, -0.05) is 5.16 Å². The molecular formula is C28H33FN10O6. The van der Waals surface area contributed by atoms with E-state index in [1.54, 1.807) is 22.8 Å². The number of urea groups is 1. The minimum Gasteiger partial charge on any atom is -0.372 e. The molecule has 45 heavy (non-hydrogen) atoms. The molecule has 0 aliphatic carbocycles. The number of halogens is 1. The number of imide groups is 2. The second kappa shape index (κ2) is 10.5. The number of nitrogens with zero attached hydrogens (tertiary/aromatic N) is 7. The molecule has 4 atom stereocenters. The van der Waals surface area contributed by atoms with Gasteiger partial charge in [0.05, 0.1) is 35.9 Å². The minimum absolute atomic E-state index is 0.0430. The number of fused-ring (bicyclic) bond motifs is 5. The Kier molecular flexibility index (Phi) is 6.77. The molecule has 1 spiro atoms. The number of likely N-dealkylation sites (tertiary alicyclic amines) is 1. The summed E-state index contributed by atoms with van der Waals surface area (Å²) in [5, 5.41) is 16.0. The highest BCUT2D eigenvalue weighted by Crippen LogP contribution is 2.49. The smallest absolute Gasteiger partial charge is 0.328 e. The van der Waals surface area contributed by atoms with Crippen LogP contribution in [-0.2, 0) is 25.5 Å². The first kappa shape index (κ1) is 29.1. The molecule has 3 aromatic rings. The second-order valence-corrected chi connectivity index (χ2v) is 12.3. The zero-order valence-corrected chi connectivity index (χ0v) is 25.2. The van der Waals surface area contributed by atoms with Crippen molar-refractivity contribution in [2.24, 2.45) is 5.41 Å². The van der Waals surface area contributed by atoms with Crippen LogP contribution in [0.5, 0.6) is 0 Å². The molecule has 5 amide bonds. The van der Waals surface area contributed by atoms with Crippen LogP contribution in [-0.4, -0.2) is 118 Å². The maximum absolute atomic E-state index is 16.5. The Morgan fingerprint density at radius 3 is 2.67 bits per heavy atom. The van der Waals surface area contributed by atoms with Gasteiger partial charge in [0.1, 0.15) is 6.33 Å². The van der Waals surface area contributed by atoms with Crippen LogP contribution < -0.4 is 20.9 Å². The lowest BCUT2D eigenvalue weighted by molar-refractivity contribution is -0.153. The fraction of sp³-hybridized carbons (Fsp3) is 0.536. The lowest BCUT2D eigenvalue weighted by Crippen LogP contribution is -2.75. The average Bonchev–Trinajstić information content (AvgIpc) is 3.74. The van der Waals surface area contributed by atoms with Crippen molar-refractivity contribution in [1.29, 1.82) is 0 Å². The highest BCUT2D eigenvalue weighted by atomic mass is 19.1. The predicted molar refractivity (Wildman–Crippen MR) is 155 cm³/mol. The standard InChI is InChI=1S/C28H33FN10O6/c1-13-10-38-20-15(8-28(22(38)14(2)44-13)24(41)33-27(43)34-25(28)42)7-17-21(19(20)29)45-35-23(17)39-26(31-12-32-39)30-9-18(40)37-6-5-16(11-37)36(3)4/h7,12-14,16,22H,5-6,8-11H2,1-4H3,(H,30,31,32)(H2,33,34,41,42,43)/t13-,14+,16-,22-/m1/s1. The van der Waals surface area contributed by atoms with E-state index in [4.69, 9.17) is 9.26 Å². The molecule has 0 saturated carbocycles. The molecule has 16 nitrogen and oxygen atoms in total. The number of rotatable bonds is 5. The fourth-order valence-electron chi connectivity index (χ4n) is 7.26. The topological polar surface area (TPSA) is 180 Å². The van der Waals surface area contributed by atoms with Crippen molar-refractivity contribution in [2.75, 3.05) is 50.5 Å². The van der Waals surface area contributed by atoms with E-state index in [2.05, 4.69) is 36.1 Å². The Labute approximate surface area is 256 Å². The van der Waals surface area contributed by atoms with Gasteiger partial charge in [-0.2, -0.15) is 14.8 Å². The van der Waals surface area contributed by atoms with Gasteiger partial charge in [-0.25, -0.2) is 9.18 Å². The molecule has 0 bridgehead atoms. The SMILES string of the molecule is C[C@@H]1CN2c3c(cc4c(-n5ncnc5NCC(=O)N5CC[C@@H](N(C)C)C5)noc4c3F)CC3(C(=O)NC(=O)NC3=O)[C@H]2[C@H](C)O1. The predicted octanol–water partition coefficient (Wildman–Crippen LogP) is 0.0127. The molecular weight excluding hydrogens is 591 g/mol. The number of anilines is 2. The van der Waals surface area contributed by atoms with Gasteiger partial charge in [0.25, 0.3) is 0 Å². The van der Waals surface area contributed by atoms with Gasteiger partial charge in [-0.3, -0.25) is 25.0 Å². The van der Waals surface area contributed by atoms with E-state index in [9.17, 15) is 19.2 Å². The summed E-state index contributed by atoms with van der Waals surface area (Å²) < 4.78 is 29.3. The summed E-state index contributed by atoms with van der Waals surface area (Å²) in [5.41, 5.74) is -1.41. The zero-order chi connectivity index (χ0) is 31.8. The van der Waals surface area contributed by atoms with E-state index in [0.717, 1.165) is 6.42 Å². The number of morpholine rings is 1. The Morgan fingerprint density at radius 1 is 1.20 bits per heavy atom. The largest absolute Gasteiger partial charge is 0.372 e. The number of ether oxygens (including phenoxy) is 1. The Bertz CT molecular complexity index is 1720. The van der Waals surface area contributed by atoms with Crippen LogP contribution in [0.3, 0.4) is 0 Å². The number of likely N-dealkylation sites (N-methyl/N-ethyl adjacent to an activating group) is 1. The number of carbonyl (C=O) groups excluding carboxylic acids is 4. The molecule has 2 aromatic heterocycles. The number of benzene rings is 1. The van der Waals surface area contributed by atoms with Crippen molar-refractivity contribution in [3.05, 3.63) is 23.8 Å². The Morgan fingerprint density at radius 2 is 1.96 bits per heavy atom. The first-order chi connectivity index (χ1) is 21.5. The summed E-state index contributed by atoms with van der Waals surface area (Å²) in [5.74, 6) is -2.09. The van der Waals surface area contributed by atoms with Gasteiger partial charge < -0.3 is 29.3 Å². The summed E-state index contributed by atoms with van der Waals surface area (Å²) in [6.07, 6.45) is 0.933. The number of aromatic nitrogens is 4. The van der Waals surface area contributed by atoms with E-state index in [1.165, 1.54) is 11.0 Å². The van der Waals surface area contributed by atoms with Crippen LogP contribution in [0.15, 0.2) is 16.9 Å². The molecule has 238 valence electrons. The van der Waals surface area contributed by atoms with Gasteiger partial charge in [0, 0.05) is 32.1 Å². The Balaban J connectivity index is 1.25. The third-order valence-corrected chi connectivity index (χ3v) is 9.34. The van der Waals surface area contributed by atoms with Crippen LogP contribution in [0.4, 0.5) is 20.8 Å². The summed E-state index contributed by atoms with van der Waals surface area (Å²) in [7, 11) is 3.97. The maximum atomic E-state index is 16.5. The van der Waals surface area contributed by atoms with E-state index in [-0.39, 0.29) is 59.9 Å². The fourth-order valence-corrected chi connectivity index (χ4v) is 7.26. The molecule has 4 aliphatic heterocycles. The highest BCUT2D eigenvalue weighted by Gasteiger charge is 2.63. The van der Waals surface area contributed by atoms with Crippen molar-refractivity contribution in [3.8, 4) is 5.82 Å². The van der Waals surface area contributed by atoms with Gasteiger partial charge in [-0.15, -0.1) is 0 Å². The quantitative estimate of drug-likeness (QED) is 0.324. The minimum atomic E-state index is -1.78. The Hall–Kier alpha value is -4.64. The molecule has 0 radical (unpaired) electrons. The number of hydrogen-bond donors (Lipinski definition) is 3. The van der Waals surface area contributed by atoms with Gasteiger partial charge in [0.2, 0.25) is 35.1 Å². The molecule has 3 saturated heterocycles. The molecule has 3 fully saturated rings. The zero-order valence-electron chi connectivity index (χ0n) is 25.2. The van der Waals surface area contributed by atoms with Crippen molar-refractivity contribution < 1.29 is 32.8 Å². The molecule has 3 N–H and O–H groups in total. The third-order valence-electron chi connectivity index (χ3n) is 9.34. The second-order valence-electron chi connectivity index (χ2n) is 12.3. The summed E-state index contributed by atoms with van der Waals surface area (Å²) in [6.45, 7) is 4.95. The molecule has 4 aliphatic rings. The monoisotopic (exact) mass is 624 g/mol. The first-order valence-electron chi connectivity index (χ1n) is 14.8. The molecule has 1 aromatic carbocycles. The van der Waals surface area contributed by atoms with Crippen LogP contribution in [0.2, 0.25) is 0 Å². The van der Waals surface area contributed by atoms with Crippen LogP contribution in [0.25, 0.3) is 16.8 Å². The molecule has 6 heterocycles. The highest BCUT2D eigenvalue weighted by molar-refractivity contribution is 6.20. The number of barbiturate groups is 1. The lowest BCUT2D eigenvalue weighted by Gasteiger charge is -2.55. The van der Waals surface area contributed by atoms with Gasteiger partial charge in [0.15, 0.2) is 11.2 Å². The lowest BCUT2D eigenvalue weighted by atomic mass is 9.66. The first-order valence-corrected chi connectivity index (χ1v) is 14.8. The number of hydrogen-bond acceptors (Lipinski definition) is 12. The molecule has 17 heteroatoms. The van der Waals surface area contributed by atoms with Crippen molar-refractivity contribution >= 4 is 46.4 Å². The van der Waals surface area contributed by atoms with E-state index in [0.29, 0.717) is 24.7 Å². The molecule has 0 unspecified atom stereocenters. The summed E-state index contributed by atoms with van der Waals surface area (Å²) >= 11 is 0. The summed E-state index contributed by atoms with van der Waals surface area (Å²) in [6, 6.07) is 0.0858. The maximum Gasteiger partial charge on any atom is 0.328 e. The van der Waals surface area contributed by atoms with Gasteiger partial charge in [-0.05, 0) is 46.0 Å². The van der Waals surface area contributed by atoms with Crippen LogP contribution in [0, 0.1) is 11.2 Å². The molecule has 7 rings (SSSR count). The normalized spacial score (nSPS) is 25.9. The van der Waals surface area contributed by atoms with E-state index < -0.39 is 41.2 Å². The van der Waals surface area contributed by atoms with Crippen LogP contribution in [0.1, 0.15) is 25.8 Å². The van der Waals surface area contributed by atoms with Crippen molar-refractivity contribution in [3.63, 3.8) is 0 Å². The van der Waals surface area contributed by atoms with Gasteiger partial charge >= 0.3 is 6.03 Å². The number of carbonyl (C=O) groups is 4. The number of amides is 5. The summed E-state index contributed by atoms with van der Waals surface area (Å²) in [4.78, 5) is 61.7. The number of nitrogens with one attached hydrogen (secondary N) is 3. The van der Waals surface area contributed by atoms with E-state index in [1.807, 2.05) is 21.0 Å². The third kappa shape index (κ3) is 4.43. The van der Waals surface area contributed by atoms with Crippen molar-refractivity contribution in [2.45, 2.75) is 51.0 Å². The van der Waals surface area contributed by atoms with Crippen LogP contribution >= 0.6 is 0 Å².